The van der Waals surface area contributed by atoms with Crippen LogP contribution < -0.4 is 5.32 Å². The number of hydrogen-bond donors (Lipinski definition) is 2. The first-order chi connectivity index (χ1) is 6.79. The van der Waals surface area contributed by atoms with Crippen LogP contribution >= 0.6 is 11.6 Å². The maximum absolute atomic E-state index is 9.12. The van der Waals surface area contributed by atoms with E-state index in [0.29, 0.717) is 0 Å². The Bertz CT molecular complexity index is 327. The van der Waals surface area contributed by atoms with E-state index >= 15 is 0 Å². The van der Waals surface area contributed by atoms with Crippen LogP contribution in [0.3, 0.4) is 0 Å². The lowest BCUT2D eigenvalue weighted by Crippen LogP contribution is -2.22. The van der Waals surface area contributed by atoms with Crippen LogP contribution in [0, 0.1) is 0 Å². The molecule has 0 aliphatic carbocycles. The van der Waals surface area contributed by atoms with Crippen LogP contribution in [-0.2, 0) is 6.42 Å². The largest absolute Gasteiger partial charge is 0.394 e. The van der Waals surface area contributed by atoms with Gasteiger partial charge in [0.1, 0.15) is 0 Å². The molecule has 1 aromatic carbocycles. The van der Waals surface area contributed by atoms with Gasteiger partial charge in [0, 0.05) is 16.8 Å². The summed E-state index contributed by atoms with van der Waals surface area (Å²) >= 11 is 5.92. The first-order valence-electron chi connectivity index (χ1n) is 4.95. The molecule has 1 atom stereocenters. The van der Waals surface area contributed by atoms with Crippen LogP contribution in [0.1, 0.15) is 18.4 Å². The monoisotopic (exact) mass is 211 g/mol. The first-order valence-corrected chi connectivity index (χ1v) is 5.33. The molecule has 1 aromatic rings. The Morgan fingerprint density at radius 1 is 1.50 bits per heavy atom. The number of hydrogen-bond acceptors (Lipinski definition) is 2. The van der Waals surface area contributed by atoms with Crippen LogP contribution in [0.15, 0.2) is 18.2 Å². The number of aryl methyl sites for hydroxylation is 1. The molecule has 0 radical (unpaired) electrons. The van der Waals surface area contributed by atoms with Crippen molar-refractivity contribution in [3.63, 3.8) is 0 Å². The molecule has 76 valence electrons. The van der Waals surface area contributed by atoms with Crippen molar-refractivity contribution in [2.45, 2.75) is 25.3 Å². The molecule has 0 amide bonds. The summed E-state index contributed by atoms with van der Waals surface area (Å²) in [5, 5.41) is 13.2. The zero-order valence-corrected chi connectivity index (χ0v) is 8.72. The van der Waals surface area contributed by atoms with E-state index in [0.717, 1.165) is 30.0 Å². The summed E-state index contributed by atoms with van der Waals surface area (Å²) in [5.74, 6) is 0. The molecule has 0 fully saturated rings. The summed E-state index contributed by atoms with van der Waals surface area (Å²) in [6, 6.07) is 6.09. The van der Waals surface area contributed by atoms with Gasteiger partial charge in [-0.15, -0.1) is 0 Å². The minimum Gasteiger partial charge on any atom is -0.394 e. The van der Waals surface area contributed by atoms with Gasteiger partial charge in [-0.1, -0.05) is 17.7 Å². The Hall–Kier alpha value is -0.730. The normalized spacial score (nSPS) is 20.9. The lowest BCUT2D eigenvalue weighted by atomic mass is 10.1. The van der Waals surface area contributed by atoms with E-state index < -0.39 is 0 Å². The average Bonchev–Trinajstić information content (AvgIpc) is 2.38. The summed E-state index contributed by atoms with van der Waals surface area (Å²) in [4.78, 5) is 0. The zero-order valence-electron chi connectivity index (χ0n) is 7.96. The van der Waals surface area contributed by atoms with Crippen molar-refractivity contribution in [1.82, 2.24) is 0 Å². The van der Waals surface area contributed by atoms with Crippen molar-refractivity contribution in [1.29, 1.82) is 0 Å². The Kier molecular flexibility index (Phi) is 2.94. The highest BCUT2D eigenvalue weighted by atomic mass is 35.5. The topological polar surface area (TPSA) is 32.3 Å². The smallest absolute Gasteiger partial charge is 0.0632 e. The van der Waals surface area contributed by atoms with Crippen molar-refractivity contribution in [2.24, 2.45) is 0 Å². The number of nitrogens with one attached hydrogen (secondary N) is 1. The fourth-order valence-corrected chi connectivity index (χ4v) is 2.04. The predicted molar refractivity (Wildman–Crippen MR) is 58.9 cm³/mol. The standard InChI is InChI=1S/C11H14ClNO/c12-9-5-4-8-2-1-3-10(7-14)13-11(8)6-9/h4-6,10,13-14H,1-3,7H2. The van der Waals surface area contributed by atoms with Gasteiger partial charge in [0.05, 0.1) is 6.61 Å². The second-order valence-corrected chi connectivity index (χ2v) is 4.15. The van der Waals surface area contributed by atoms with Crippen molar-refractivity contribution in [2.75, 3.05) is 11.9 Å². The molecule has 0 aromatic heterocycles. The molecule has 1 heterocycles. The number of aliphatic hydroxyl groups is 1. The third kappa shape index (κ3) is 2.02. The van der Waals surface area contributed by atoms with Crippen molar-refractivity contribution in [3.8, 4) is 0 Å². The first kappa shape index (κ1) is 9.81. The lowest BCUT2D eigenvalue weighted by molar-refractivity contribution is 0.268. The fourth-order valence-electron chi connectivity index (χ4n) is 1.87. The summed E-state index contributed by atoms with van der Waals surface area (Å²) < 4.78 is 0. The van der Waals surface area contributed by atoms with Crippen LogP contribution in [0.25, 0.3) is 0 Å². The highest BCUT2D eigenvalue weighted by molar-refractivity contribution is 6.30. The third-order valence-corrected chi connectivity index (χ3v) is 2.89. The average molecular weight is 212 g/mol. The number of fused-ring (bicyclic) bond motifs is 1. The molecule has 2 rings (SSSR count). The van der Waals surface area contributed by atoms with Crippen molar-refractivity contribution >= 4 is 17.3 Å². The molecule has 0 spiro atoms. The molecule has 1 unspecified atom stereocenters. The van der Waals surface area contributed by atoms with Crippen LogP contribution in [0.5, 0.6) is 0 Å². The van der Waals surface area contributed by atoms with Gasteiger partial charge < -0.3 is 10.4 Å². The van der Waals surface area contributed by atoms with E-state index in [9.17, 15) is 0 Å². The highest BCUT2D eigenvalue weighted by Gasteiger charge is 2.14. The summed E-state index contributed by atoms with van der Waals surface area (Å²) in [5.41, 5.74) is 2.37. The maximum atomic E-state index is 9.12. The van der Waals surface area contributed by atoms with E-state index in [4.69, 9.17) is 16.7 Å². The minimum atomic E-state index is 0.176. The molecular formula is C11H14ClNO. The number of aliphatic hydroxyl groups excluding tert-OH is 1. The molecular weight excluding hydrogens is 198 g/mol. The second kappa shape index (κ2) is 4.20. The van der Waals surface area contributed by atoms with Crippen molar-refractivity contribution < 1.29 is 5.11 Å². The highest BCUT2D eigenvalue weighted by Crippen LogP contribution is 2.26. The van der Waals surface area contributed by atoms with Gasteiger partial charge in [-0.3, -0.25) is 0 Å². The summed E-state index contributed by atoms with van der Waals surface area (Å²) in [6.45, 7) is 0.186. The van der Waals surface area contributed by atoms with Crippen molar-refractivity contribution in [3.05, 3.63) is 28.8 Å². The Labute approximate surface area is 88.9 Å². The lowest BCUT2D eigenvalue weighted by Gasteiger charge is -2.15. The molecule has 1 aliphatic rings. The number of rotatable bonds is 1. The Balaban J connectivity index is 2.28. The SMILES string of the molecule is OCC1CCCc2ccc(Cl)cc2N1. The predicted octanol–water partition coefficient (Wildman–Crippen LogP) is 2.45. The molecule has 2 nitrogen and oxygen atoms in total. The maximum Gasteiger partial charge on any atom is 0.0632 e. The summed E-state index contributed by atoms with van der Waals surface area (Å²) in [7, 11) is 0. The molecule has 14 heavy (non-hydrogen) atoms. The van der Waals surface area contributed by atoms with Gasteiger partial charge in [-0.25, -0.2) is 0 Å². The summed E-state index contributed by atoms with van der Waals surface area (Å²) in [6.07, 6.45) is 3.20. The van der Waals surface area contributed by atoms with E-state index in [1.165, 1.54) is 5.56 Å². The quantitative estimate of drug-likeness (QED) is 0.748. The fraction of sp³-hybridized carbons (Fsp3) is 0.455. The van der Waals surface area contributed by atoms with E-state index in [2.05, 4.69) is 11.4 Å². The van der Waals surface area contributed by atoms with E-state index in [1.54, 1.807) is 0 Å². The molecule has 0 saturated carbocycles. The van der Waals surface area contributed by atoms with Gasteiger partial charge in [0.25, 0.3) is 0 Å². The van der Waals surface area contributed by atoms with Gasteiger partial charge in [0.2, 0.25) is 0 Å². The number of anilines is 1. The molecule has 3 heteroatoms. The zero-order chi connectivity index (χ0) is 9.97. The Morgan fingerprint density at radius 2 is 2.36 bits per heavy atom. The Morgan fingerprint density at radius 3 is 3.14 bits per heavy atom. The van der Waals surface area contributed by atoms with Gasteiger partial charge >= 0.3 is 0 Å². The molecule has 0 bridgehead atoms. The molecule has 2 N–H and O–H groups in total. The third-order valence-electron chi connectivity index (χ3n) is 2.65. The van der Waals surface area contributed by atoms with Gasteiger partial charge in [-0.05, 0) is 37.0 Å². The van der Waals surface area contributed by atoms with E-state index in [1.807, 2.05) is 12.1 Å². The van der Waals surface area contributed by atoms with Crippen LogP contribution in [-0.4, -0.2) is 17.8 Å². The van der Waals surface area contributed by atoms with E-state index in [-0.39, 0.29) is 12.6 Å². The number of benzene rings is 1. The molecule has 1 aliphatic heterocycles. The second-order valence-electron chi connectivity index (χ2n) is 3.72. The number of halogens is 1. The van der Waals surface area contributed by atoms with Gasteiger partial charge in [0.15, 0.2) is 0 Å². The van der Waals surface area contributed by atoms with Gasteiger partial charge in [-0.2, -0.15) is 0 Å². The molecule has 0 saturated heterocycles. The van der Waals surface area contributed by atoms with Crippen LogP contribution in [0.2, 0.25) is 5.02 Å². The van der Waals surface area contributed by atoms with Crippen LogP contribution in [0.4, 0.5) is 5.69 Å². The minimum absolute atomic E-state index is 0.176.